The van der Waals surface area contributed by atoms with Gasteiger partial charge < -0.3 is 9.84 Å². The van der Waals surface area contributed by atoms with Crippen LogP contribution in [0.3, 0.4) is 0 Å². The average Bonchev–Trinajstić information content (AvgIpc) is 2.38. The standard InChI is InChI=1S/C13H20NO3P/c1-10(14-18-16)7-8-12-5-3-4-6-13(12)17-11(2)9-15/h3-6,10-11,15H,7-9H2,1-2H3,(H,14,16)/t10-,11+/m0/s1. The lowest BCUT2D eigenvalue weighted by molar-refractivity contribution is 0.128. The van der Waals surface area contributed by atoms with Crippen LogP contribution in [0, 0.1) is 0 Å². The van der Waals surface area contributed by atoms with Crippen molar-refractivity contribution in [3.05, 3.63) is 29.8 Å². The summed E-state index contributed by atoms with van der Waals surface area (Å²) in [6, 6.07) is 8.00. The van der Waals surface area contributed by atoms with E-state index in [4.69, 9.17) is 9.84 Å². The van der Waals surface area contributed by atoms with Crippen LogP contribution in [0.4, 0.5) is 0 Å². The molecule has 1 aromatic rings. The monoisotopic (exact) mass is 269 g/mol. The number of ether oxygens (including phenoxy) is 1. The molecule has 0 bridgehead atoms. The Kier molecular flexibility index (Phi) is 6.88. The van der Waals surface area contributed by atoms with Gasteiger partial charge in [0.1, 0.15) is 11.9 Å². The molecule has 0 aliphatic heterocycles. The normalized spacial score (nSPS) is 14.4. The van der Waals surface area contributed by atoms with Crippen molar-refractivity contribution >= 4 is 8.61 Å². The molecule has 0 fully saturated rings. The molecular formula is C13H20NO3P. The van der Waals surface area contributed by atoms with E-state index < -0.39 is 0 Å². The maximum absolute atomic E-state index is 10.4. The molecule has 100 valence electrons. The van der Waals surface area contributed by atoms with Crippen molar-refractivity contribution in [2.24, 2.45) is 0 Å². The van der Waals surface area contributed by atoms with Crippen LogP contribution in [0.25, 0.3) is 0 Å². The van der Waals surface area contributed by atoms with E-state index in [-0.39, 0.29) is 27.4 Å². The van der Waals surface area contributed by atoms with E-state index >= 15 is 0 Å². The van der Waals surface area contributed by atoms with Crippen molar-refractivity contribution in [1.29, 1.82) is 0 Å². The van der Waals surface area contributed by atoms with Gasteiger partial charge in [-0.1, -0.05) is 18.2 Å². The van der Waals surface area contributed by atoms with Crippen LogP contribution in [0.5, 0.6) is 5.75 Å². The highest BCUT2D eigenvalue weighted by Gasteiger charge is 2.08. The zero-order valence-electron chi connectivity index (χ0n) is 10.8. The molecule has 0 aliphatic carbocycles. The summed E-state index contributed by atoms with van der Waals surface area (Å²) in [7, 11) is -0.0331. The van der Waals surface area contributed by atoms with E-state index in [9.17, 15) is 4.57 Å². The number of aliphatic hydroxyl groups excluding tert-OH is 1. The Hall–Kier alpha value is -0.960. The predicted molar refractivity (Wildman–Crippen MR) is 72.1 cm³/mol. The first-order valence-electron chi connectivity index (χ1n) is 6.10. The molecule has 0 radical (unpaired) electrons. The first kappa shape index (κ1) is 15.1. The van der Waals surface area contributed by atoms with Gasteiger partial charge in [-0.2, -0.15) is 0 Å². The second-order valence-corrected chi connectivity index (χ2v) is 4.82. The van der Waals surface area contributed by atoms with Gasteiger partial charge >= 0.3 is 0 Å². The molecule has 0 unspecified atom stereocenters. The second-order valence-electron chi connectivity index (χ2n) is 4.38. The number of nitrogens with one attached hydrogen (secondary N) is 1. The zero-order chi connectivity index (χ0) is 13.4. The maximum atomic E-state index is 10.4. The van der Waals surface area contributed by atoms with E-state index in [1.54, 1.807) is 0 Å². The number of benzene rings is 1. The third-order valence-corrected chi connectivity index (χ3v) is 3.22. The van der Waals surface area contributed by atoms with Crippen LogP contribution in [0.1, 0.15) is 25.8 Å². The van der Waals surface area contributed by atoms with Crippen LogP contribution < -0.4 is 9.82 Å². The van der Waals surface area contributed by atoms with Gasteiger partial charge in [0.05, 0.1) is 6.61 Å². The number of rotatable bonds is 8. The minimum Gasteiger partial charge on any atom is -0.488 e. The molecule has 0 heterocycles. The summed E-state index contributed by atoms with van der Waals surface area (Å²) in [4.78, 5) is 0. The summed E-state index contributed by atoms with van der Waals surface area (Å²) in [6.45, 7) is 3.82. The number of aliphatic hydroxyl groups is 1. The molecule has 2 atom stereocenters. The fraction of sp³-hybridized carbons (Fsp3) is 0.538. The lowest BCUT2D eigenvalue weighted by Crippen LogP contribution is -2.19. The summed E-state index contributed by atoms with van der Waals surface area (Å²) in [5, 5.41) is 11.8. The molecule has 0 saturated carbocycles. The minimum atomic E-state index is -0.207. The smallest absolute Gasteiger partial charge is 0.246 e. The number of hydrogen-bond acceptors (Lipinski definition) is 3. The van der Waals surface area contributed by atoms with Crippen molar-refractivity contribution in [3.8, 4) is 5.75 Å². The van der Waals surface area contributed by atoms with Crippen molar-refractivity contribution in [3.63, 3.8) is 0 Å². The fourth-order valence-electron chi connectivity index (χ4n) is 1.61. The van der Waals surface area contributed by atoms with Gasteiger partial charge in [0.15, 0.2) is 0 Å². The van der Waals surface area contributed by atoms with Crippen molar-refractivity contribution in [2.75, 3.05) is 6.61 Å². The van der Waals surface area contributed by atoms with Gasteiger partial charge in [0.2, 0.25) is 8.61 Å². The van der Waals surface area contributed by atoms with Crippen LogP contribution >= 0.6 is 8.61 Å². The van der Waals surface area contributed by atoms with E-state index in [0.29, 0.717) is 0 Å². The third kappa shape index (κ3) is 5.13. The summed E-state index contributed by atoms with van der Waals surface area (Å²) in [6.07, 6.45) is 1.52. The lowest BCUT2D eigenvalue weighted by atomic mass is 10.1. The van der Waals surface area contributed by atoms with Crippen LogP contribution in [0.15, 0.2) is 24.3 Å². The molecule has 1 aromatic carbocycles. The molecule has 0 amide bonds. The number of aryl methyl sites for hydroxylation is 1. The first-order valence-corrected chi connectivity index (χ1v) is 6.92. The Morgan fingerprint density at radius 3 is 2.78 bits per heavy atom. The number of para-hydroxylation sites is 1. The summed E-state index contributed by atoms with van der Waals surface area (Å²) in [5.41, 5.74) is 1.11. The molecule has 5 heteroatoms. The molecule has 0 spiro atoms. The topological polar surface area (TPSA) is 58.6 Å². The van der Waals surface area contributed by atoms with Gasteiger partial charge in [0, 0.05) is 6.04 Å². The van der Waals surface area contributed by atoms with E-state index in [2.05, 4.69) is 5.09 Å². The van der Waals surface area contributed by atoms with Crippen LogP contribution in [0.2, 0.25) is 0 Å². The van der Waals surface area contributed by atoms with Crippen molar-refractivity contribution in [2.45, 2.75) is 38.8 Å². The highest BCUT2D eigenvalue weighted by Crippen LogP contribution is 2.21. The molecule has 4 nitrogen and oxygen atoms in total. The quantitative estimate of drug-likeness (QED) is 0.712. The molecule has 2 N–H and O–H groups in total. The Morgan fingerprint density at radius 2 is 2.11 bits per heavy atom. The second kappa shape index (κ2) is 8.20. The fourth-order valence-corrected chi connectivity index (χ4v) is 1.91. The van der Waals surface area contributed by atoms with Gasteiger partial charge in [-0.3, -0.25) is 4.57 Å². The maximum Gasteiger partial charge on any atom is 0.246 e. The van der Waals surface area contributed by atoms with Gasteiger partial charge in [-0.15, -0.1) is 0 Å². The average molecular weight is 269 g/mol. The summed E-state index contributed by atoms with van der Waals surface area (Å²) < 4.78 is 16.1. The predicted octanol–water partition coefficient (Wildman–Crippen LogP) is 2.56. The Morgan fingerprint density at radius 1 is 1.39 bits per heavy atom. The van der Waals surface area contributed by atoms with E-state index in [1.165, 1.54) is 0 Å². The van der Waals surface area contributed by atoms with Gasteiger partial charge in [0.25, 0.3) is 0 Å². The summed E-state index contributed by atoms with van der Waals surface area (Å²) in [5.74, 6) is 0.811. The Labute approximate surface area is 110 Å². The summed E-state index contributed by atoms with van der Waals surface area (Å²) >= 11 is 0. The zero-order valence-corrected chi connectivity index (χ0v) is 11.7. The Bertz CT molecular complexity index is 373. The Balaban J connectivity index is 2.61. The molecular weight excluding hydrogens is 249 g/mol. The molecule has 0 aromatic heterocycles. The van der Waals surface area contributed by atoms with Crippen molar-refractivity contribution in [1.82, 2.24) is 5.09 Å². The molecule has 0 aliphatic rings. The lowest BCUT2D eigenvalue weighted by Gasteiger charge is -2.16. The van der Waals surface area contributed by atoms with Crippen LogP contribution in [-0.4, -0.2) is 23.9 Å². The minimum absolute atomic E-state index is 0.00134. The SMILES string of the molecule is C[C@H](CO)Oc1ccccc1CC[C@H](C)NP=O. The highest BCUT2D eigenvalue weighted by atomic mass is 31.1. The van der Waals surface area contributed by atoms with Gasteiger partial charge in [-0.05, 0) is 38.3 Å². The third-order valence-electron chi connectivity index (χ3n) is 2.68. The van der Waals surface area contributed by atoms with Crippen LogP contribution in [-0.2, 0) is 11.0 Å². The molecule has 1 rings (SSSR count). The highest BCUT2D eigenvalue weighted by molar-refractivity contribution is 7.21. The first-order chi connectivity index (χ1) is 8.67. The van der Waals surface area contributed by atoms with E-state index in [1.807, 2.05) is 38.1 Å². The molecule has 0 saturated heterocycles. The van der Waals surface area contributed by atoms with Gasteiger partial charge in [-0.25, -0.2) is 5.09 Å². The largest absolute Gasteiger partial charge is 0.488 e. The van der Waals surface area contributed by atoms with E-state index in [0.717, 1.165) is 24.2 Å². The number of hydrogen-bond donors (Lipinski definition) is 2. The molecule has 18 heavy (non-hydrogen) atoms. The van der Waals surface area contributed by atoms with Crippen molar-refractivity contribution < 1.29 is 14.4 Å².